The molecule has 5 heteroatoms. The van der Waals surface area contributed by atoms with Crippen LogP contribution in [0.25, 0.3) is 0 Å². The Balaban J connectivity index is 2.28. The Morgan fingerprint density at radius 2 is 1.52 bits per heavy atom. The second-order valence-corrected chi connectivity index (χ2v) is 4.26. The maximum Gasteiger partial charge on any atom is 0.256 e. The van der Waals surface area contributed by atoms with E-state index >= 15 is 0 Å². The zero-order chi connectivity index (χ0) is 15.2. The Morgan fingerprint density at radius 3 is 2.10 bits per heavy atom. The van der Waals surface area contributed by atoms with Gasteiger partial charge in [-0.25, -0.2) is 0 Å². The average Bonchev–Trinajstić information content (AvgIpc) is 2.54. The third-order valence-electron chi connectivity index (χ3n) is 2.97. The lowest BCUT2D eigenvalue weighted by Gasteiger charge is -2.11. The van der Waals surface area contributed by atoms with Gasteiger partial charge in [-0.3, -0.25) is 4.79 Å². The molecule has 1 amide bonds. The molecule has 0 saturated carbocycles. The van der Waals surface area contributed by atoms with Gasteiger partial charge in [0.2, 0.25) is 0 Å². The molecule has 0 radical (unpaired) electrons. The zero-order valence-electron chi connectivity index (χ0n) is 12.2. The summed E-state index contributed by atoms with van der Waals surface area (Å²) in [6.45, 7) is 0. The van der Waals surface area contributed by atoms with Crippen LogP contribution in [-0.4, -0.2) is 27.2 Å². The van der Waals surface area contributed by atoms with Crippen molar-refractivity contribution in [2.45, 2.75) is 0 Å². The van der Waals surface area contributed by atoms with Crippen molar-refractivity contribution in [2.24, 2.45) is 0 Å². The molecule has 0 saturated heterocycles. The summed E-state index contributed by atoms with van der Waals surface area (Å²) >= 11 is 0. The molecule has 2 aromatic carbocycles. The molecule has 2 rings (SSSR count). The van der Waals surface area contributed by atoms with Crippen LogP contribution in [0.15, 0.2) is 42.5 Å². The molecule has 0 spiro atoms. The normalized spacial score (nSPS) is 9.86. The van der Waals surface area contributed by atoms with Crippen LogP contribution in [0, 0.1) is 0 Å². The van der Waals surface area contributed by atoms with Crippen molar-refractivity contribution in [2.75, 3.05) is 26.6 Å². The lowest BCUT2D eigenvalue weighted by molar-refractivity contribution is 0.102. The highest BCUT2D eigenvalue weighted by atomic mass is 16.5. The number of carbonyl (C=O) groups is 1. The van der Waals surface area contributed by atoms with Gasteiger partial charge in [0.1, 0.15) is 17.2 Å². The third kappa shape index (κ3) is 3.45. The summed E-state index contributed by atoms with van der Waals surface area (Å²) in [7, 11) is 4.63. The van der Waals surface area contributed by atoms with Crippen molar-refractivity contribution in [1.29, 1.82) is 0 Å². The molecule has 0 unspecified atom stereocenters. The van der Waals surface area contributed by atoms with Crippen molar-refractivity contribution < 1.29 is 19.0 Å². The summed E-state index contributed by atoms with van der Waals surface area (Å²) in [5, 5.41) is 2.81. The fourth-order valence-corrected chi connectivity index (χ4v) is 1.88. The number of para-hydroxylation sites is 2. The van der Waals surface area contributed by atoms with E-state index in [1.807, 2.05) is 12.1 Å². The molecule has 0 heterocycles. The van der Waals surface area contributed by atoms with Crippen molar-refractivity contribution in [1.82, 2.24) is 0 Å². The van der Waals surface area contributed by atoms with Crippen LogP contribution in [0.3, 0.4) is 0 Å². The van der Waals surface area contributed by atoms with Crippen molar-refractivity contribution in [3.8, 4) is 17.2 Å². The number of methoxy groups -OCH3 is 3. The summed E-state index contributed by atoms with van der Waals surface area (Å²) in [5.41, 5.74) is 1.05. The number of hydrogen-bond donors (Lipinski definition) is 1. The van der Waals surface area contributed by atoms with Crippen molar-refractivity contribution in [3.05, 3.63) is 48.0 Å². The van der Waals surface area contributed by atoms with Crippen molar-refractivity contribution in [3.63, 3.8) is 0 Å². The van der Waals surface area contributed by atoms with Crippen LogP contribution in [0.1, 0.15) is 10.4 Å². The Morgan fingerprint density at radius 1 is 0.905 bits per heavy atom. The number of amides is 1. The van der Waals surface area contributed by atoms with E-state index in [4.69, 9.17) is 14.2 Å². The predicted molar refractivity (Wildman–Crippen MR) is 80.5 cm³/mol. The van der Waals surface area contributed by atoms with Crippen molar-refractivity contribution >= 4 is 11.6 Å². The molecule has 0 aliphatic heterocycles. The zero-order valence-corrected chi connectivity index (χ0v) is 12.2. The van der Waals surface area contributed by atoms with Crippen LogP contribution in [-0.2, 0) is 0 Å². The second-order valence-electron chi connectivity index (χ2n) is 4.26. The van der Waals surface area contributed by atoms with E-state index in [1.54, 1.807) is 37.4 Å². The lowest BCUT2D eigenvalue weighted by atomic mass is 10.1. The summed E-state index contributed by atoms with van der Waals surface area (Å²) in [6, 6.07) is 12.2. The molecule has 0 aromatic heterocycles. The summed E-state index contributed by atoms with van der Waals surface area (Å²) < 4.78 is 15.5. The first kappa shape index (κ1) is 14.7. The van der Waals surface area contributed by atoms with Gasteiger partial charge in [0.05, 0.1) is 27.0 Å². The summed E-state index contributed by atoms with van der Waals surface area (Å²) in [4.78, 5) is 12.3. The van der Waals surface area contributed by atoms with Gasteiger partial charge < -0.3 is 19.5 Å². The smallest absolute Gasteiger partial charge is 0.256 e. The summed E-state index contributed by atoms with van der Waals surface area (Å²) in [6.07, 6.45) is 0. The fraction of sp³-hybridized carbons (Fsp3) is 0.188. The number of hydrogen-bond acceptors (Lipinski definition) is 4. The predicted octanol–water partition coefficient (Wildman–Crippen LogP) is 2.96. The maximum absolute atomic E-state index is 12.3. The first-order valence-corrected chi connectivity index (χ1v) is 6.35. The van der Waals surface area contributed by atoms with E-state index in [2.05, 4.69) is 5.32 Å². The minimum atomic E-state index is -0.267. The number of carbonyl (C=O) groups excluding carboxylic acids is 1. The van der Waals surface area contributed by atoms with Gasteiger partial charge in [-0.15, -0.1) is 0 Å². The van der Waals surface area contributed by atoms with E-state index in [0.717, 1.165) is 0 Å². The van der Waals surface area contributed by atoms with Crippen LogP contribution in [0.5, 0.6) is 17.2 Å². The monoisotopic (exact) mass is 287 g/mol. The van der Waals surface area contributed by atoms with E-state index in [1.165, 1.54) is 14.2 Å². The molecule has 0 bridgehead atoms. The molecule has 2 aromatic rings. The van der Waals surface area contributed by atoms with E-state index in [-0.39, 0.29) is 5.91 Å². The Kier molecular flexibility index (Phi) is 4.66. The minimum absolute atomic E-state index is 0.267. The van der Waals surface area contributed by atoms with Gasteiger partial charge in [-0.2, -0.15) is 0 Å². The summed E-state index contributed by atoms with van der Waals surface area (Å²) in [5.74, 6) is 1.44. The van der Waals surface area contributed by atoms with Crippen LogP contribution < -0.4 is 19.5 Å². The number of rotatable bonds is 5. The fourth-order valence-electron chi connectivity index (χ4n) is 1.88. The molecular weight excluding hydrogens is 270 g/mol. The van der Waals surface area contributed by atoms with Gasteiger partial charge in [0.25, 0.3) is 5.91 Å². The van der Waals surface area contributed by atoms with E-state index < -0.39 is 0 Å². The first-order valence-electron chi connectivity index (χ1n) is 6.35. The van der Waals surface area contributed by atoms with Crippen LogP contribution in [0.4, 0.5) is 5.69 Å². The first-order chi connectivity index (χ1) is 10.2. The minimum Gasteiger partial charge on any atom is -0.497 e. The Hall–Kier alpha value is -2.69. The molecule has 21 heavy (non-hydrogen) atoms. The largest absolute Gasteiger partial charge is 0.497 e. The number of anilines is 1. The van der Waals surface area contributed by atoms with Gasteiger partial charge in [0.15, 0.2) is 0 Å². The average molecular weight is 287 g/mol. The molecule has 0 aliphatic rings. The molecule has 0 aliphatic carbocycles. The lowest BCUT2D eigenvalue weighted by Crippen LogP contribution is -2.13. The quantitative estimate of drug-likeness (QED) is 0.918. The van der Waals surface area contributed by atoms with Crippen LogP contribution in [0.2, 0.25) is 0 Å². The Bertz CT molecular complexity index is 618. The third-order valence-corrected chi connectivity index (χ3v) is 2.97. The van der Waals surface area contributed by atoms with Gasteiger partial charge >= 0.3 is 0 Å². The second kappa shape index (κ2) is 6.65. The maximum atomic E-state index is 12.3. The Labute approximate surface area is 123 Å². The number of ether oxygens (including phenoxy) is 3. The van der Waals surface area contributed by atoms with Gasteiger partial charge in [-0.1, -0.05) is 12.1 Å². The standard InChI is InChI=1S/C16H17NO4/c1-19-12-8-11(9-13(10-12)20-2)16(18)17-14-6-4-5-7-15(14)21-3/h4-10H,1-3H3,(H,17,18). The molecule has 0 fully saturated rings. The molecule has 5 nitrogen and oxygen atoms in total. The highest BCUT2D eigenvalue weighted by Crippen LogP contribution is 2.26. The molecule has 0 atom stereocenters. The van der Waals surface area contributed by atoms with Gasteiger partial charge in [0, 0.05) is 11.6 Å². The SMILES string of the molecule is COc1cc(OC)cc(C(=O)Nc2ccccc2OC)c1. The molecule has 110 valence electrons. The highest BCUT2D eigenvalue weighted by molar-refractivity contribution is 6.05. The highest BCUT2D eigenvalue weighted by Gasteiger charge is 2.12. The van der Waals surface area contributed by atoms with Gasteiger partial charge in [-0.05, 0) is 24.3 Å². The number of nitrogens with one attached hydrogen (secondary N) is 1. The topological polar surface area (TPSA) is 56.8 Å². The van der Waals surface area contributed by atoms with Crippen LogP contribution >= 0.6 is 0 Å². The molecule has 1 N–H and O–H groups in total. The number of benzene rings is 2. The molecular formula is C16H17NO4. The van der Waals surface area contributed by atoms with E-state index in [9.17, 15) is 4.79 Å². The van der Waals surface area contributed by atoms with E-state index in [0.29, 0.717) is 28.5 Å².